The minimum atomic E-state index is 0.533. The lowest BCUT2D eigenvalue weighted by Crippen LogP contribution is -2.30. The Balaban J connectivity index is 0.000000565. The van der Waals surface area contributed by atoms with Crippen molar-refractivity contribution in [3.05, 3.63) is 80.6 Å². The molecule has 0 atom stereocenters. The van der Waals surface area contributed by atoms with E-state index in [9.17, 15) is 9.59 Å². The van der Waals surface area contributed by atoms with Crippen molar-refractivity contribution in [2.45, 2.75) is 45.3 Å². The lowest BCUT2D eigenvalue weighted by atomic mass is 10.0. The first kappa shape index (κ1) is 35.3. The van der Waals surface area contributed by atoms with Crippen LogP contribution in [0.3, 0.4) is 0 Å². The molecule has 0 unspecified atom stereocenters. The molecule has 2 aromatic carbocycles. The fraction of sp³-hybridized carbons (Fsp3) is 0.355. The third kappa shape index (κ3) is 11.8. The number of nitrogens with zero attached hydrogens (tertiary/aromatic N) is 2. The maximum absolute atomic E-state index is 11.8. The van der Waals surface area contributed by atoms with Crippen molar-refractivity contribution in [2.75, 3.05) is 39.5 Å². The number of hydrogen-bond acceptors (Lipinski definition) is 5. The molecule has 6 nitrogen and oxygen atoms in total. The number of nitrogens with two attached hydrogens (primary N) is 1. The van der Waals surface area contributed by atoms with E-state index in [1.165, 1.54) is 0 Å². The smallest absolute Gasteiger partial charge is 0.209 e. The van der Waals surface area contributed by atoms with Crippen molar-refractivity contribution in [1.82, 2.24) is 14.8 Å². The Morgan fingerprint density at radius 3 is 2.27 bits per heavy atom. The molecule has 0 aliphatic rings. The van der Waals surface area contributed by atoms with Crippen molar-refractivity contribution < 1.29 is 9.59 Å². The number of nitrogens with one attached hydrogen (secondary N) is 1. The predicted molar refractivity (Wildman–Crippen MR) is 174 cm³/mol. The molecule has 1 heterocycles. The second-order valence-electron chi connectivity index (χ2n) is 9.08. The molecule has 1 amide bonds. The highest BCUT2D eigenvalue weighted by molar-refractivity contribution is 7.98. The van der Waals surface area contributed by atoms with Gasteiger partial charge < -0.3 is 20.5 Å². The van der Waals surface area contributed by atoms with E-state index < -0.39 is 0 Å². The largest absolute Gasteiger partial charge is 0.398 e. The molecule has 3 aromatic rings. The van der Waals surface area contributed by atoms with Crippen LogP contribution in [0.2, 0.25) is 10.0 Å². The van der Waals surface area contributed by atoms with Crippen LogP contribution < -0.4 is 5.73 Å². The number of halogens is 2. The van der Waals surface area contributed by atoms with Crippen LogP contribution in [-0.4, -0.2) is 61.2 Å². The molecule has 40 heavy (non-hydrogen) atoms. The molecule has 3 N–H and O–H groups in total. The zero-order valence-corrected chi connectivity index (χ0v) is 26.9. The molecule has 218 valence electrons. The zero-order chi connectivity index (χ0) is 30.2. The van der Waals surface area contributed by atoms with Crippen LogP contribution >= 0.6 is 35.0 Å². The van der Waals surface area contributed by atoms with Gasteiger partial charge in [0.15, 0.2) is 6.29 Å². The summed E-state index contributed by atoms with van der Waals surface area (Å²) in [6, 6.07) is 13.2. The first-order valence-corrected chi connectivity index (χ1v) is 15.0. The van der Waals surface area contributed by atoms with Gasteiger partial charge in [-0.2, -0.15) is 0 Å². The number of anilines is 1. The van der Waals surface area contributed by atoms with Gasteiger partial charge in [-0.1, -0.05) is 37.0 Å². The molecule has 0 fully saturated rings. The van der Waals surface area contributed by atoms with Crippen molar-refractivity contribution in [2.24, 2.45) is 0 Å². The number of H-pyrrole nitrogens is 1. The Morgan fingerprint density at radius 1 is 1.02 bits per heavy atom. The van der Waals surface area contributed by atoms with Crippen molar-refractivity contribution in [3.8, 4) is 0 Å². The quantitative estimate of drug-likeness (QED) is 0.102. The predicted octanol–water partition coefficient (Wildman–Crippen LogP) is 7.60. The first-order chi connectivity index (χ1) is 19.1. The fourth-order valence-electron chi connectivity index (χ4n) is 3.53. The molecule has 0 spiro atoms. The molecule has 1 aromatic heterocycles. The number of amides is 1. The maximum Gasteiger partial charge on any atom is 0.209 e. The molecule has 0 saturated heterocycles. The second kappa shape index (κ2) is 18.6. The molecule has 0 radical (unpaired) electrons. The maximum atomic E-state index is 11.8. The Kier molecular flexibility index (Phi) is 16.4. The van der Waals surface area contributed by atoms with Crippen LogP contribution in [0, 0.1) is 13.8 Å². The fourth-order valence-corrected chi connectivity index (χ4v) is 4.92. The Labute approximate surface area is 253 Å². The topological polar surface area (TPSA) is 82.4 Å². The van der Waals surface area contributed by atoms with Crippen molar-refractivity contribution in [3.63, 3.8) is 0 Å². The average Bonchev–Trinajstić information content (AvgIpc) is 3.26. The van der Waals surface area contributed by atoms with Crippen LogP contribution in [0.25, 0.3) is 11.6 Å². The van der Waals surface area contributed by atoms with E-state index in [0.29, 0.717) is 32.6 Å². The van der Waals surface area contributed by atoms with Gasteiger partial charge in [0.2, 0.25) is 6.41 Å². The van der Waals surface area contributed by atoms with E-state index in [0.717, 1.165) is 59.7 Å². The normalized spacial score (nSPS) is 10.8. The number of rotatable bonds is 11. The second-order valence-corrected chi connectivity index (χ2v) is 11.0. The highest BCUT2D eigenvalue weighted by Gasteiger charge is 2.10. The summed E-state index contributed by atoms with van der Waals surface area (Å²) in [4.78, 5) is 30.1. The van der Waals surface area contributed by atoms with Gasteiger partial charge in [-0.05, 0) is 94.5 Å². The number of aryl methyl sites for hydroxylation is 2. The van der Waals surface area contributed by atoms with E-state index >= 15 is 0 Å². The summed E-state index contributed by atoms with van der Waals surface area (Å²) in [7, 11) is 4.00. The minimum Gasteiger partial charge on any atom is -0.398 e. The molecule has 0 aliphatic heterocycles. The van der Waals surface area contributed by atoms with Gasteiger partial charge in [0, 0.05) is 68.5 Å². The summed E-state index contributed by atoms with van der Waals surface area (Å²) in [6.07, 6.45) is 3.57. The molecule has 0 saturated carbocycles. The van der Waals surface area contributed by atoms with Crippen molar-refractivity contribution >= 4 is 65.0 Å². The van der Waals surface area contributed by atoms with E-state index in [1.54, 1.807) is 28.8 Å². The lowest BCUT2D eigenvalue weighted by Gasteiger charge is -2.17. The third-order valence-electron chi connectivity index (χ3n) is 5.74. The highest BCUT2D eigenvalue weighted by atomic mass is 35.5. The van der Waals surface area contributed by atoms with E-state index in [4.69, 9.17) is 28.9 Å². The molecular weight excluding hydrogens is 563 g/mol. The summed E-state index contributed by atoms with van der Waals surface area (Å²) >= 11 is 13.9. The SMILES string of the molecule is CC.CCN(C=O)CCN(C)C.Cc1cc(C)c(/C=C(\C=O)c2cc(SCc3cc(Cl)ccc3Cl)ccc2N)[nH]1. The van der Waals surface area contributed by atoms with Gasteiger partial charge in [-0.15, -0.1) is 11.8 Å². The standard InChI is InChI=1S/C22H20Cl2N2OS.C7H16N2O.C2H6/c1-13-7-14(2)26-22(13)9-15(11-27)19-10-18(4-6-21(19)25)28-12-16-8-17(23)3-5-20(16)24;1-4-9(7-10)6-5-8(2)3;1-2/h3-11,26H,12,25H2,1-2H3;7H,4-6H2,1-3H3;1-2H3/b15-9+;;. The third-order valence-corrected chi connectivity index (χ3v) is 7.39. The number of aromatic amines is 1. The van der Waals surface area contributed by atoms with Gasteiger partial charge >= 0.3 is 0 Å². The molecule has 3 rings (SSSR count). The molecule has 0 bridgehead atoms. The number of allylic oxidation sites excluding steroid dienone is 1. The lowest BCUT2D eigenvalue weighted by molar-refractivity contribution is -0.118. The number of hydrogen-bond donors (Lipinski definition) is 2. The van der Waals surface area contributed by atoms with Crippen molar-refractivity contribution in [1.29, 1.82) is 0 Å². The zero-order valence-electron chi connectivity index (χ0n) is 24.6. The van der Waals surface area contributed by atoms with Crippen LogP contribution in [0.15, 0.2) is 47.4 Å². The highest BCUT2D eigenvalue weighted by Crippen LogP contribution is 2.32. The van der Waals surface area contributed by atoms with Gasteiger partial charge in [0.25, 0.3) is 0 Å². The van der Waals surface area contributed by atoms with Crippen LogP contribution in [0.5, 0.6) is 0 Å². The van der Waals surface area contributed by atoms with E-state index in [2.05, 4.69) is 9.88 Å². The number of thioether (sulfide) groups is 1. The van der Waals surface area contributed by atoms with E-state index in [-0.39, 0.29) is 0 Å². The Bertz CT molecular complexity index is 1260. The summed E-state index contributed by atoms with van der Waals surface area (Å²) in [5.41, 5.74) is 12.0. The minimum absolute atomic E-state index is 0.533. The summed E-state index contributed by atoms with van der Waals surface area (Å²) < 4.78 is 0. The number of nitrogen functional groups attached to an aromatic ring is 1. The number of carbonyl (C=O) groups is 2. The number of likely N-dealkylation sites (N-methyl/N-ethyl adjacent to an activating group) is 2. The van der Waals surface area contributed by atoms with Gasteiger partial charge in [-0.3, -0.25) is 9.59 Å². The van der Waals surface area contributed by atoms with Crippen LogP contribution in [0.1, 0.15) is 48.8 Å². The average molecular weight is 606 g/mol. The monoisotopic (exact) mass is 604 g/mol. The first-order valence-electron chi connectivity index (χ1n) is 13.2. The van der Waals surface area contributed by atoms with Gasteiger partial charge in [0.1, 0.15) is 0 Å². The number of aromatic nitrogens is 1. The molecular formula is C31H42Cl2N4O2S. The summed E-state index contributed by atoms with van der Waals surface area (Å²) in [5, 5.41) is 1.33. The molecule has 0 aliphatic carbocycles. The van der Waals surface area contributed by atoms with Gasteiger partial charge in [0.05, 0.1) is 0 Å². The number of benzene rings is 2. The molecule has 9 heteroatoms. The Morgan fingerprint density at radius 2 is 1.73 bits per heavy atom. The van der Waals surface area contributed by atoms with Crippen LogP contribution in [0.4, 0.5) is 5.69 Å². The summed E-state index contributed by atoms with van der Waals surface area (Å²) in [6.45, 7) is 12.5. The number of carbonyl (C=O) groups excluding carboxylic acids is 2. The summed E-state index contributed by atoms with van der Waals surface area (Å²) in [5.74, 6) is 0.665. The van der Waals surface area contributed by atoms with Gasteiger partial charge in [-0.25, -0.2) is 0 Å². The van der Waals surface area contributed by atoms with Crippen LogP contribution in [-0.2, 0) is 15.3 Å². The number of aldehydes is 1. The Hall–Kier alpha value is -2.71. The van der Waals surface area contributed by atoms with E-state index in [1.807, 2.05) is 85.1 Å².